The van der Waals surface area contributed by atoms with Crippen LogP contribution in [0.25, 0.3) is 5.69 Å². The number of para-hydroxylation sites is 1. The van der Waals surface area contributed by atoms with E-state index in [9.17, 15) is 14.9 Å². The van der Waals surface area contributed by atoms with Crippen LogP contribution in [0.3, 0.4) is 0 Å². The van der Waals surface area contributed by atoms with Crippen LogP contribution in [0.1, 0.15) is 33.7 Å². The summed E-state index contributed by atoms with van der Waals surface area (Å²) in [5.74, 6) is -0.688. The van der Waals surface area contributed by atoms with E-state index < -0.39 is 5.97 Å². The lowest BCUT2D eigenvalue weighted by atomic mass is 10.2. The van der Waals surface area contributed by atoms with Gasteiger partial charge in [0.15, 0.2) is 0 Å². The minimum atomic E-state index is -0.465. The second-order valence-electron chi connectivity index (χ2n) is 5.94. The molecule has 2 heterocycles. The number of hydrogen-bond acceptors (Lipinski definition) is 6. The fourth-order valence-corrected chi connectivity index (χ4v) is 3.27. The Morgan fingerprint density at radius 3 is 2.75 bits per heavy atom. The molecule has 0 spiro atoms. The lowest BCUT2D eigenvalue weighted by molar-refractivity contribution is -0.144. The molecule has 2 aromatic heterocycles. The van der Waals surface area contributed by atoms with Crippen LogP contribution < -0.4 is 5.32 Å². The van der Waals surface area contributed by atoms with E-state index in [1.807, 2.05) is 35.7 Å². The van der Waals surface area contributed by atoms with E-state index in [-0.39, 0.29) is 25.5 Å². The third-order valence-corrected chi connectivity index (χ3v) is 4.72. The van der Waals surface area contributed by atoms with E-state index in [0.717, 1.165) is 5.69 Å². The summed E-state index contributed by atoms with van der Waals surface area (Å²) in [6.07, 6.45) is 0.0379. The van der Waals surface area contributed by atoms with Crippen LogP contribution in [0.5, 0.6) is 0 Å². The number of benzene rings is 1. The molecule has 0 atom stereocenters. The number of hydrogen-bond donors (Lipinski definition) is 1. The van der Waals surface area contributed by atoms with Gasteiger partial charge in [0.1, 0.15) is 18.2 Å². The van der Waals surface area contributed by atoms with Crippen LogP contribution in [0.15, 0.2) is 47.2 Å². The van der Waals surface area contributed by atoms with Gasteiger partial charge in [0.2, 0.25) is 0 Å². The first-order chi connectivity index (χ1) is 13.6. The summed E-state index contributed by atoms with van der Waals surface area (Å²) in [5.41, 5.74) is 2.82. The second-order valence-corrected chi connectivity index (χ2v) is 6.72. The summed E-state index contributed by atoms with van der Waals surface area (Å²) in [5, 5.41) is 20.0. The normalized spacial score (nSPS) is 10.3. The van der Waals surface area contributed by atoms with Gasteiger partial charge in [-0.15, -0.1) is 0 Å². The van der Waals surface area contributed by atoms with Crippen molar-refractivity contribution in [2.24, 2.45) is 0 Å². The highest BCUT2D eigenvalue weighted by Gasteiger charge is 2.18. The Kier molecular flexibility index (Phi) is 6.19. The first-order valence-corrected chi connectivity index (χ1v) is 9.54. The Labute approximate surface area is 166 Å². The number of nitrogens with zero attached hydrogens (tertiary/aromatic N) is 3. The van der Waals surface area contributed by atoms with E-state index in [2.05, 4.69) is 16.5 Å². The van der Waals surface area contributed by atoms with Crippen LogP contribution in [0.4, 0.5) is 0 Å². The van der Waals surface area contributed by atoms with Crippen molar-refractivity contribution in [2.75, 3.05) is 6.54 Å². The number of nitrogens with one attached hydrogen (secondary N) is 1. The van der Waals surface area contributed by atoms with Crippen molar-refractivity contribution < 1.29 is 14.3 Å². The minimum Gasteiger partial charge on any atom is -0.459 e. The van der Waals surface area contributed by atoms with Crippen LogP contribution in [-0.2, 0) is 16.1 Å². The molecular formula is C20H18N4O3S. The molecule has 0 saturated carbocycles. The Balaban J connectivity index is 1.60. The summed E-state index contributed by atoms with van der Waals surface area (Å²) >= 11 is 1.43. The lowest BCUT2D eigenvalue weighted by Crippen LogP contribution is -2.26. The van der Waals surface area contributed by atoms with E-state index >= 15 is 0 Å². The number of nitriles is 1. The van der Waals surface area contributed by atoms with Gasteiger partial charge < -0.3 is 10.1 Å². The molecular weight excluding hydrogens is 376 g/mol. The van der Waals surface area contributed by atoms with Gasteiger partial charge in [-0.05, 0) is 30.5 Å². The largest absolute Gasteiger partial charge is 0.459 e. The van der Waals surface area contributed by atoms with Gasteiger partial charge in [-0.2, -0.15) is 21.7 Å². The number of carbonyl (C=O) groups excluding carboxylic acids is 2. The average molecular weight is 394 g/mol. The van der Waals surface area contributed by atoms with Gasteiger partial charge in [-0.3, -0.25) is 9.59 Å². The van der Waals surface area contributed by atoms with Crippen molar-refractivity contribution in [3.63, 3.8) is 0 Å². The monoisotopic (exact) mass is 394 g/mol. The molecule has 1 aromatic carbocycles. The molecule has 142 valence electrons. The molecule has 1 N–H and O–H groups in total. The van der Waals surface area contributed by atoms with Crippen molar-refractivity contribution in [3.05, 3.63) is 69.7 Å². The number of carbonyl (C=O) groups is 2. The second kappa shape index (κ2) is 8.97. The van der Waals surface area contributed by atoms with Gasteiger partial charge in [-0.1, -0.05) is 18.2 Å². The van der Waals surface area contributed by atoms with Crippen LogP contribution >= 0.6 is 11.3 Å². The quantitative estimate of drug-likeness (QED) is 0.622. The number of amides is 1. The van der Waals surface area contributed by atoms with E-state index in [0.29, 0.717) is 22.5 Å². The number of aromatic nitrogens is 2. The third kappa shape index (κ3) is 4.45. The summed E-state index contributed by atoms with van der Waals surface area (Å²) in [6, 6.07) is 13.2. The zero-order valence-corrected chi connectivity index (χ0v) is 16.0. The molecule has 3 rings (SSSR count). The van der Waals surface area contributed by atoms with Crippen molar-refractivity contribution in [1.82, 2.24) is 15.1 Å². The molecule has 0 fully saturated rings. The standard InChI is InChI=1S/C20H18N4O3S/c1-14-17(11-21)18(24(23-14)16-5-3-2-4-6-16)12-27-19(25)7-9-22-20(26)15-8-10-28-13-15/h2-6,8,10,13H,7,9,12H2,1H3,(H,22,26). The van der Waals surface area contributed by atoms with Gasteiger partial charge in [-0.25, -0.2) is 4.68 Å². The van der Waals surface area contributed by atoms with E-state index in [4.69, 9.17) is 4.74 Å². The lowest BCUT2D eigenvalue weighted by Gasteiger charge is -2.09. The molecule has 7 nitrogen and oxygen atoms in total. The third-order valence-electron chi connectivity index (χ3n) is 4.04. The van der Waals surface area contributed by atoms with E-state index in [1.54, 1.807) is 23.1 Å². The Morgan fingerprint density at radius 2 is 2.07 bits per heavy atom. The first-order valence-electron chi connectivity index (χ1n) is 8.60. The predicted octanol–water partition coefficient (Wildman–Crippen LogP) is 2.98. The molecule has 1 amide bonds. The molecule has 0 aliphatic carbocycles. The van der Waals surface area contributed by atoms with Crippen molar-refractivity contribution in [2.45, 2.75) is 20.0 Å². The zero-order valence-electron chi connectivity index (χ0n) is 15.2. The van der Waals surface area contributed by atoms with Crippen molar-refractivity contribution >= 4 is 23.2 Å². The van der Waals surface area contributed by atoms with Gasteiger partial charge in [0.05, 0.1) is 23.5 Å². The number of rotatable bonds is 7. The molecule has 0 bridgehead atoms. The zero-order chi connectivity index (χ0) is 19.9. The number of ether oxygens (including phenoxy) is 1. The average Bonchev–Trinajstić information content (AvgIpc) is 3.35. The molecule has 8 heteroatoms. The smallest absolute Gasteiger partial charge is 0.307 e. The minimum absolute atomic E-state index is 0.0379. The Morgan fingerprint density at radius 1 is 1.29 bits per heavy atom. The molecule has 0 radical (unpaired) electrons. The summed E-state index contributed by atoms with van der Waals surface area (Å²) in [7, 11) is 0. The molecule has 28 heavy (non-hydrogen) atoms. The maximum Gasteiger partial charge on any atom is 0.307 e. The SMILES string of the molecule is Cc1nn(-c2ccccc2)c(COC(=O)CCNC(=O)c2ccsc2)c1C#N. The van der Waals surface area contributed by atoms with E-state index in [1.165, 1.54) is 11.3 Å². The summed E-state index contributed by atoms with van der Waals surface area (Å²) in [6.45, 7) is 1.84. The summed E-state index contributed by atoms with van der Waals surface area (Å²) < 4.78 is 6.93. The molecule has 0 aliphatic heterocycles. The fourth-order valence-electron chi connectivity index (χ4n) is 2.63. The molecule has 0 unspecified atom stereocenters. The van der Waals surface area contributed by atoms with Crippen LogP contribution in [0, 0.1) is 18.3 Å². The Hall–Kier alpha value is -3.44. The molecule has 0 saturated heterocycles. The van der Waals surface area contributed by atoms with Crippen molar-refractivity contribution in [3.8, 4) is 11.8 Å². The molecule has 0 aliphatic rings. The fraction of sp³-hybridized carbons (Fsp3) is 0.200. The van der Waals surface area contributed by atoms with Crippen molar-refractivity contribution in [1.29, 1.82) is 5.26 Å². The number of esters is 1. The molecule has 3 aromatic rings. The number of aryl methyl sites for hydroxylation is 1. The van der Waals surface area contributed by atoms with Crippen LogP contribution in [0.2, 0.25) is 0 Å². The predicted molar refractivity (Wildman–Crippen MR) is 104 cm³/mol. The Bertz CT molecular complexity index is 1000. The maximum atomic E-state index is 12.1. The topological polar surface area (TPSA) is 97.0 Å². The highest BCUT2D eigenvalue weighted by molar-refractivity contribution is 7.08. The maximum absolute atomic E-state index is 12.1. The summed E-state index contributed by atoms with van der Waals surface area (Å²) in [4.78, 5) is 23.9. The first kappa shape index (κ1) is 19.3. The van der Waals surface area contributed by atoms with Gasteiger partial charge in [0, 0.05) is 17.5 Å². The van der Waals surface area contributed by atoms with Crippen LogP contribution in [-0.4, -0.2) is 28.2 Å². The highest BCUT2D eigenvalue weighted by atomic mass is 32.1. The highest BCUT2D eigenvalue weighted by Crippen LogP contribution is 2.19. The van der Waals surface area contributed by atoms with Gasteiger partial charge in [0.25, 0.3) is 5.91 Å². The number of thiophene rings is 1. The van der Waals surface area contributed by atoms with Gasteiger partial charge >= 0.3 is 5.97 Å².